The Balaban J connectivity index is 1.25. The normalized spacial score (nSPS) is 14.6. The first kappa shape index (κ1) is 25.6. The van der Waals surface area contributed by atoms with Crippen molar-refractivity contribution in [3.05, 3.63) is 84.4 Å². The van der Waals surface area contributed by atoms with Gasteiger partial charge in [0.25, 0.3) is 0 Å². The molecular weight excluding hydrogens is 467 g/mol. The number of rotatable bonds is 8. The Morgan fingerprint density at radius 2 is 1.42 bits per heavy atom. The highest BCUT2D eigenvalue weighted by Gasteiger charge is 2.35. The fourth-order valence-corrected chi connectivity index (χ4v) is 4.61. The highest BCUT2D eigenvalue weighted by molar-refractivity contribution is 5.86. The zero-order valence-corrected chi connectivity index (χ0v) is 20.0. The van der Waals surface area contributed by atoms with Crippen molar-refractivity contribution in [3.8, 4) is 11.1 Å². The molecule has 3 aromatic rings. The number of benzene rings is 3. The molecule has 190 valence electrons. The third-order valence-corrected chi connectivity index (χ3v) is 6.55. The zero-order chi connectivity index (χ0) is 25.5. The van der Waals surface area contributed by atoms with E-state index < -0.39 is 17.8 Å². The quantitative estimate of drug-likeness (QED) is 0.363. The molecule has 5 nitrogen and oxygen atoms in total. The first-order chi connectivity index (χ1) is 17.3. The van der Waals surface area contributed by atoms with Gasteiger partial charge in [0.05, 0.1) is 5.56 Å². The van der Waals surface area contributed by atoms with Gasteiger partial charge in [-0.1, -0.05) is 54.6 Å². The van der Waals surface area contributed by atoms with E-state index in [1.165, 1.54) is 17.0 Å². The Morgan fingerprint density at radius 3 is 2.06 bits per heavy atom. The number of piperazine rings is 1. The highest BCUT2D eigenvalue weighted by Crippen LogP contribution is 2.36. The maximum Gasteiger partial charge on any atom is 0.418 e. The minimum atomic E-state index is -4.37. The van der Waals surface area contributed by atoms with Crippen molar-refractivity contribution in [1.82, 2.24) is 4.90 Å². The highest BCUT2D eigenvalue weighted by atomic mass is 19.4. The molecule has 1 fully saturated rings. The lowest BCUT2D eigenvalue weighted by atomic mass is 10.1. The molecule has 1 heterocycles. The van der Waals surface area contributed by atoms with Gasteiger partial charge in [-0.25, -0.2) is 4.79 Å². The Morgan fingerprint density at radius 1 is 0.806 bits per heavy atom. The van der Waals surface area contributed by atoms with Gasteiger partial charge in [0, 0.05) is 44.1 Å². The topological polar surface area (TPSA) is 47.0 Å². The number of anilines is 2. The summed E-state index contributed by atoms with van der Waals surface area (Å²) in [5, 5.41) is 9.71. The van der Waals surface area contributed by atoms with E-state index in [0.29, 0.717) is 44.8 Å². The third-order valence-electron chi connectivity index (χ3n) is 6.55. The molecule has 1 N–H and O–H groups in total. The number of para-hydroxylation sites is 1. The van der Waals surface area contributed by atoms with Crippen LogP contribution in [-0.2, 0) is 6.18 Å². The molecule has 8 heteroatoms. The fraction of sp³-hybridized carbons (Fsp3) is 0.321. The SMILES string of the molecule is O=C(O)N(CCCCN1CCN(c2ccccc2C(F)(F)F)CC1)c1ccc(-c2ccccc2)cc1. The van der Waals surface area contributed by atoms with E-state index in [1.54, 1.807) is 11.0 Å². The monoisotopic (exact) mass is 497 g/mol. The molecule has 0 unspecified atom stereocenters. The molecule has 0 atom stereocenters. The number of nitrogens with zero attached hydrogens (tertiary/aromatic N) is 3. The molecule has 1 aliphatic heterocycles. The summed E-state index contributed by atoms with van der Waals surface area (Å²) in [5.41, 5.74) is 2.39. The molecule has 0 radical (unpaired) electrons. The largest absolute Gasteiger partial charge is 0.465 e. The molecule has 0 aliphatic carbocycles. The lowest BCUT2D eigenvalue weighted by Crippen LogP contribution is -2.47. The second-order valence-corrected chi connectivity index (χ2v) is 8.90. The van der Waals surface area contributed by atoms with Crippen molar-refractivity contribution in [2.24, 2.45) is 0 Å². The molecule has 3 aromatic carbocycles. The summed E-state index contributed by atoms with van der Waals surface area (Å²) in [4.78, 5) is 17.2. The van der Waals surface area contributed by atoms with Crippen molar-refractivity contribution in [2.45, 2.75) is 19.0 Å². The van der Waals surface area contributed by atoms with Crippen molar-refractivity contribution < 1.29 is 23.1 Å². The molecule has 4 rings (SSSR count). The average molecular weight is 498 g/mol. The van der Waals surface area contributed by atoms with Crippen molar-refractivity contribution in [1.29, 1.82) is 0 Å². The van der Waals surface area contributed by atoms with Crippen LogP contribution in [0.15, 0.2) is 78.9 Å². The van der Waals surface area contributed by atoms with Gasteiger partial charge in [0.15, 0.2) is 0 Å². The molecule has 0 saturated carbocycles. The summed E-state index contributed by atoms with van der Waals surface area (Å²) < 4.78 is 40.0. The number of alkyl halides is 3. The van der Waals surface area contributed by atoms with Crippen LogP contribution in [0.25, 0.3) is 11.1 Å². The molecule has 36 heavy (non-hydrogen) atoms. The summed E-state index contributed by atoms with van der Waals surface area (Å²) in [6.45, 7) is 3.59. The second kappa shape index (κ2) is 11.5. The number of carbonyl (C=O) groups is 1. The maximum absolute atomic E-state index is 13.3. The van der Waals surface area contributed by atoms with Crippen molar-refractivity contribution in [3.63, 3.8) is 0 Å². The zero-order valence-electron chi connectivity index (χ0n) is 20.0. The van der Waals surface area contributed by atoms with Crippen LogP contribution in [-0.4, -0.2) is 55.4 Å². The van der Waals surface area contributed by atoms with Gasteiger partial charge in [-0.3, -0.25) is 9.80 Å². The van der Waals surface area contributed by atoms with Crippen LogP contribution in [0.5, 0.6) is 0 Å². The summed E-state index contributed by atoms with van der Waals surface area (Å²) in [7, 11) is 0. The van der Waals surface area contributed by atoms with E-state index in [4.69, 9.17) is 0 Å². The Kier molecular flexibility index (Phi) is 8.15. The van der Waals surface area contributed by atoms with Gasteiger partial charge < -0.3 is 10.0 Å². The van der Waals surface area contributed by atoms with Gasteiger partial charge in [0.2, 0.25) is 0 Å². The predicted molar refractivity (Wildman–Crippen MR) is 137 cm³/mol. The smallest absolute Gasteiger partial charge is 0.418 e. The number of amides is 1. The third kappa shape index (κ3) is 6.37. The number of unbranched alkanes of at least 4 members (excludes halogenated alkanes) is 1. The van der Waals surface area contributed by atoms with Crippen LogP contribution in [0.3, 0.4) is 0 Å². The molecule has 1 amide bonds. The average Bonchev–Trinajstić information content (AvgIpc) is 2.89. The summed E-state index contributed by atoms with van der Waals surface area (Å²) in [5.74, 6) is 0. The van der Waals surface area contributed by atoms with Gasteiger partial charge in [-0.15, -0.1) is 0 Å². The summed E-state index contributed by atoms with van der Waals surface area (Å²) in [6.07, 6.45) is -3.85. The van der Waals surface area contributed by atoms with Crippen molar-refractivity contribution >= 4 is 17.5 Å². The standard InChI is InChI=1S/C28H30F3N3O2/c29-28(30,31)25-10-4-5-11-26(25)33-20-18-32(19-21-33)16-6-7-17-34(27(35)36)24-14-12-23(13-15-24)22-8-2-1-3-9-22/h1-5,8-15H,6-7,16-21H2,(H,35,36). The van der Waals surface area contributed by atoms with Gasteiger partial charge in [-0.2, -0.15) is 13.2 Å². The fourth-order valence-electron chi connectivity index (χ4n) is 4.61. The molecule has 1 saturated heterocycles. The summed E-state index contributed by atoms with van der Waals surface area (Å²) >= 11 is 0. The Bertz CT molecular complexity index is 1130. The Labute approximate surface area is 209 Å². The van der Waals surface area contributed by atoms with Crippen LogP contribution in [0.4, 0.5) is 29.3 Å². The molecule has 0 bridgehead atoms. The number of hydrogen-bond acceptors (Lipinski definition) is 3. The molecule has 1 aliphatic rings. The Hall–Kier alpha value is -3.52. The molecular formula is C28H30F3N3O2. The van der Waals surface area contributed by atoms with Gasteiger partial charge in [0.1, 0.15) is 0 Å². The minimum Gasteiger partial charge on any atom is -0.465 e. The predicted octanol–water partition coefficient (Wildman–Crippen LogP) is 6.46. The lowest BCUT2D eigenvalue weighted by Gasteiger charge is -2.37. The van der Waals surface area contributed by atoms with E-state index in [2.05, 4.69) is 4.90 Å². The first-order valence-corrected chi connectivity index (χ1v) is 12.1. The minimum absolute atomic E-state index is 0.236. The summed E-state index contributed by atoms with van der Waals surface area (Å²) in [6, 6.07) is 23.1. The number of hydrogen-bond donors (Lipinski definition) is 1. The van der Waals surface area contributed by atoms with Crippen LogP contribution < -0.4 is 9.80 Å². The van der Waals surface area contributed by atoms with Crippen LogP contribution in [0.2, 0.25) is 0 Å². The van der Waals surface area contributed by atoms with Gasteiger partial charge in [-0.05, 0) is 54.8 Å². The maximum atomic E-state index is 13.3. The molecule has 0 aromatic heterocycles. The second-order valence-electron chi connectivity index (χ2n) is 8.90. The van der Waals surface area contributed by atoms with Crippen LogP contribution >= 0.6 is 0 Å². The lowest BCUT2D eigenvalue weighted by molar-refractivity contribution is -0.137. The van der Waals surface area contributed by atoms with Crippen LogP contribution in [0.1, 0.15) is 18.4 Å². The first-order valence-electron chi connectivity index (χ1n) is 12.1. The number of halogens is 3. The number of carboxylic acid groups (broad SMARTS) is 1. The van der Waals surface area contributed by atoms with Crippen LogP contribution in [0, 0.1) is 0 Å². The van der Waals surface area contributed by atoms with E-state index >= 15 is 0 Å². The van der Waals surface area contributed by atoms with E-state index in [0.717, 1.165) is 30.2 Å². The molecule has 0 spiro atoms. The van der Waals surface area contributed by atoms with E-state index in [9.17, 15) is 23.1 Å². The van der Waals surface area contributed by atoms with Gasteiger partial charge >= 0.3 is 12.3 Å². The van der Waals surface area contributed by atoms with E-state index in [-0.39, 0.29) is 5.69 Å². The van der Waals surface area contributed by atoms with E-state index in [1.807, 2.05) is 54.6 Å². The van der Waals surface area contributed by atoms with Crippen molar-refractivity contribution in [2.75, 3.05) is 49.1 Å².